The number of aliphatic hydroxyl groups is 1. The summed E-state index contributed by atoms with van der Waals surface area (Å²) in [6.07, 6.45) is 7.63. The Morgan fingerprint density at radius 3 is 2.75 bits per heavy atom. The number of hydrogen-bond acceptors (Lipinski definition) is 2. The summed E-state index contributed by atoms with van der Waals surface area (Å²) in [5.41, 5.74) is 0.0804. The summed E-state index contributed by atoms with van der Waals surface area (Å²) in [7, 11) is 0. The van der Waals surface area contributed by atoms with Crippen LogP contribution >= 0.6 is 11.6 Å². The van der Waals surface area contributed by atoms with Crippen LogP contribution in [0.4, 0.5) is 0 Å². The first kappa shape index (κ1) is 11.9. The van der Waals surface area contributed by atoms with Gasteiger partial charge in [-0.05, 0) is 19.3 Å². The van der Waals surface area contributed by atoms with Crippen LogP contribution in [0.25, 0.3) is 0 Å². The number of hydrogen-bond donors (Lipinski definition) is 1. The molecule has 0 atom stereocenters. The summed E-state index contributed by atoms with van der Waals surface area (Å²) in [4.78, 5) is 0. The second kappa shape index (κ2) is 4.76. The molecular weight excluding hydrogens is 224 g/mol. The highest BCUT2D eigenvalue weighted by Crippen LogP contribution is 2.39. The normalized spacial score (nSPS) is 19.9. The van der Waals surface area contributed by atoms with Crippen LogP contribution in [0.5, 0.6) is 0 Å². The SMILES string of the molecule is CCCn1ncc(Cl)c1C1(O)CCCCC1. The van der Waals surface area contributed by atoms with Gasteiger partial charge in [-0.1, -0.05) is 37.8 Å². The van der Waals surface area contributed by atoms with Crippen LogP contribution in [0, 0.1) is 0 Å². The molecule has 4 heteroatoms. The van der Waals surface area contributed by atoms with E-state index in [2.05, 4.69) is 12.0 Å². The maximum atomic E-state index is 10.7. The lowest BCUT2D eigenvalue weighted by atomic mass is 9.82. The predicted octanol–water partition coefficient (Wildman–Crippen LogP) is 3.10. The van der Waals surface area contributed by atoms with Gasteiger partial charge in [-0.2, -0.15) is 5.10 Å². The van der Waals surface area contributed by atoms with Crippen molar-refractivity contribution in [2.45, 2.75) is 57.6 Å². The van der Waals surface area contributed by atoms with E-state index in [-0.39, 0.29) is 0 Å². The summed E-state index contributed by atoms with van der Waals surface area (Å²) < 4.78 is 1.87. The summed E-state index contributed by atoms with van der Waals surface area (Å²) in [5, 5.41) is 15.5. The minimum Gasteiger partial charge on any atom is -0.384 e. The first-order chi connectivity index (χ1) is 7.67. The van der Waals surface area contributed by atoms with Gasteiger partial charge in [0.1, 0.15) is 5.60 Å². The monoisotopic (exact) mass is 242 g/mol. The number of aryl methyl sites for hydroxylation is 1. The minimum absolute atomic E-state index is 0.609. The van der Waals surface area contributed by atoms with E-state index in [1.54, 1.807) is 6.20 Å². The largest absolute Gasteiger partial charge is 0.384 e. The van der Waals surface area contributed by atoms with E-state index in [4.69, 9.17) is 11.6 Å². The molecule has 16 heavy (non-hydrogen) atoms. The minimum atomic E-state index is -0.749. The van der Waals surface area contributed by atoms with E-state index in [9.17, 15) is 5.11 Å². The van der Waals surface area contributed by atoms with Crippen molar-refractivity contribution >= 4 is 11.6 Å². The third-order valence-corrected chi connectivity index (χ3v) is 3.63. The van der Waals surface area contributed by atoms with E-state index in [0.717, 1.165) is 44.3 Å². The highest BCUT2D eigenvalue weighted by Gasteiger charge is 2.36. The summed E-state index contributed by atoms with van der Waals surface area (Å²) >= 11 is 6.16. The molecule has 0 aromatic carbocycles. The van der Waals surface area contributed by atoms with Gasteiger partial charge in [0, 0.05) is 6.54 Å². The molecule has 2 rings (SSSR count). The van der Waals surface area contributed by atoms with Crippen LogP contribution in [0.2, 0.25) is 5.02 Å². The van der Waals surface area contributed by atoms with Crippen LogP contribution in [0.1, 0.15) is 51.1 Å². The van der Waals surface area contributed by atoms with Gasteiger partial charge in [0.2, 0.25) is 0 Å². The topological polar surface area (TPSA) is 38.0 Å². The van der Waals surface area contributed by atoms with Crippen molar-refractivity contribution in [3.63, 3.8) is 0 Å². The van der Waals surface area contributed by atoms with Gasteiger partial charge >= 0.3 is 0 Å². The third kappa shape index (κ3) is 2.11. The van der Waals surface area contributed by atoms with Gasteiger partial charge in [0.15, 0.2) is 0 Å². The number of nitrogens with zero attached hydrogens (tertiary/aromatic N) is 2. The van der Waals surface area contributed by atoms with E-state index < -0.39 is 5.60 Å². The first-order valence-corrected chi connectivity index (χ1v) is 6.49. The van der Waals surface area contributed by atoms with Crippen LogP contribution in [-0.4, -0.2) is 14.9 Å². The fraction of sp³-hybridized carbons (Fsp3) is 0.750. The molecule has 1 aromatic rings. The van der Waals surface area contributed by atoms with Gasteiger partial charge in [-0.15, -0.1) is 0 Å². The molecule has 1 aromatic heterocycles. The van der Waals surface area contributed by atoms with Crippen molar-refractivity contribution in [3.05, 3.63) is 16.9 Å². The molecule has 1 heterocycles. The fourth-order valence-corrected chi connectivity index (χ4v) is 2.90. The molecule has 1 aliphatic carbocycles. The number of halogens is 1. The van der Waals surface area contributed by atoms with E-state index >= 15 is 0 Å². The van der Waals surface area contributed by atoms with Gasteiger partial charge in [-0.3, -0.25) is 4.68 Å². The van der Waals surface area contributed by atoms with Crippen molar-refractivity contribution in [1.82, 2.24) is 9.78 Å². The Hall–Kier alpha value is -0.540. The van der Waals surface area contributed by atoms with E-state index in [1.807, 2.05) is 4.68 Å². The van der Waals surface area contributed by atoms with Crippen LogP contribution in [0.3, 0.4) is 0 Å². The van der Waals surface area contributed by atoms with Crippen molar-refractivity contribution in [1.29, 1.82) is 0 Å². The Morgan fingerprint density at radius 1 is 1.44 bits per heavy atom. The highest BCUT2D eigenvalue weighted by atomic mass is 35.5. The van der Waals surface area contributed by atoms with Crippen LogP contribution < -0.4 is 0 Å². The zero-order valence-electron chi connectivity index (χ0n) is 9.75. The summed E-state index contributed by atoms with van der Waals surface area (Å²) in [6.45, 7) is 2.93. The van der Waals surface area contributed by atoms with Crippen LogP contribution in [-0.2, 0) is 12.1 Å². The Balaban J connectivity index is 2.33. The smallest absolute Gasteiger partial charge is 0.108 e. The van der Waals surface area contributed by atoms with Gasteiger partial charge in [-0.25, -0.2) is 0 Å². The second-order valence-electron chi connectivity index (χ2n) is 4.66. The Morgan fingerprint density at radius 2 is 2.12 bits per heavy atom. The molecule has 1 saturated carbocycles. The lowest BCUT2D eigenvalue weighted by molar-refractivity contribution is -0.00873. The molecular formula is C12H19ClN2O. The van der Waals surface area contributed by atoms with E-state index in [0.29, 0.717) is 5.02 Å². The van der Waals surface area contributed by atoms with Crippen molar-refractivity contribution in [2.75, 3.05) is 0 Å². The maximum absolute atomic E-state index is 10.7. The molecule has 0 spiro atoms. The molecule has 1 N–H and O–H groups in total. The molecule has 0 saturated heterocycles. The Kier molecular flexibility index (Phi) is 3.55. The predicted molar refractivity (Wildman–Crippen MR) is 64.5 cm³/mol. The summed E-state index contributed by atoms with van der Waals surface area (Å²) in [6, 6.07) is 0. The molecule has 0 amide bonds. The molecule has 3 nitrogen and oxygen atoms in total. The zero-order chi connectivity index (χ0) is 11.6. The molecule has 0 bridgehead atoms. The van der Waals surface area contributed by atoms with Gasteiger partial charge < -0.3 is 5.11 Å². The molecule has 0 unspecified atom stereocenters. The standard InChI is InChI=1S/C12H19ClN2O/c1-2-8-15-11(10(13)9-14-15)12(16)6-4-3-5-7-12/h9,16H,2-8H2,1H3. The second-order valence-corrected chi connectivity index (χ2v) is 5.06. The van der Waals surface area contributed by atoms with Crippen LogP contribution in [0.15, 0.2) is 6.20 Å². The lowest BCUT2D eigenvalue weighted by Crippen LogP contribution is -2.32. The van der Waals surface area contributed by atoms with Gasteiger partial charge in [0.05, 0.1) is 16.9 Å². The Labute approximate surface area is 101 Å². The average molecular weight is 243 g/mol. The zero-order valence-corrected chi connectivity index (χ0v) is 10.5. The first-order valence-electron chi connectivity index (χ1n) is 6.11. The lowest BCUT2D eigenvalue weighted by Gasteiger charge is -2.32. The molecule has 1 aliphatic rings. The Bertz CT molecular complexity index is 356. The fourth-order valence-electron chi connectivity index (χ4n) is 2.58. The molecule has 0 radical (unpaired) electrons. The summed E-state index contributed by atoms with van der Waals surface area (Å²) in [5.74, 6) is 0. The third-order valence-electron chi connectivity index (χ3n) is 3.35. The highest BCUT2D eigenvalue weighted by molar-refractivity contribution is 6.31. The van der Waals surface area contributed by atoms with E-state index in [1.165, 1.54) is 6.42 Å². The van der Waals surface area contributed by atoms with Gasteiger partial charge in [0.25, 0.3) is 0 Å². The molecule has 1 fully saturated rings. The van der Waals surface area contributed by atoms with Crippen molar-refractivity contribution < 1.29 is 5.11 Å². The van der Waals surface area contributed by atoms with Crippen molar-refractivity contribution in [2.24, 2.45) is 0 Å². The molecule has 0 aliphatic heterocycles. The molecule has 90 valence electrons. The quantitative estimate of drug-likeness (QED) is 0.885. The maximum Gasteiger partial charge on any atom is 0.108 e. The van der Waals surface area contributed by atoms with Crippen molar-refractivity contribution in [3.8, 4) is 0 Å². The average Bonchev–Trinajstić information content (AvgIpc) is 2.62. The number of aromatic nitrogens is 2. The number of rotatable bonds is 3.